The van der Waals surface area contributed by atoms with Crippen LogP contribution in [0.4, 0.5) is 0 Å². The van der Waals surface area contributed by atoms with Gasteiger partial charge in [-0.3, -0.25) is 14.9 Å². The lowest BCUT2D eigenvalue weighted by Crippen LogP contribution is -2.36. The molecule has 1 saturated heterocycles. The normalized spacial score (nSPS) is 17.5. The van der Waals surface area contributed by atoms with Crippen molar-refractivity contribution in [3.8, 4) is 0 Å². The van der Waals surface area contributed by atoms with E-state index in [1.54, 1.807) is 12.4 Å². The third kappa shape index (κ3) is 4.06. The van der Waals surface area contributed by atoms with Crippen LogP contribution in [0.3, 0.4) is 0 Å². The summed E-state index contributed by atoms with van der Waals surface area (Å²) >= 11 is 0. The molecule has 1 aliphatic heterocycles. The summed E-state index contributed by atoms with van der Waals surface area (Å²) in [5.74, 6) is 0.841. The van der Waals surface area contributed by atoms with Crippen LogP contribution in [0.2, 0.25) is 0 Å². The minimum absolute atomic E-state index is 0.841. The van der Waals surface area contributed by atoms with Crippen LogP contribution in [0.25, 0.3) is 0 Å². The second-order valence-electron chi connectivity index (χ2n) is 4.72. The average Bonchev–Trinajstić information content (AvgIpc) is 2.40. The molecule has 94 valence electrons. The number of rotatable bonds is 5. The van der Waals surface area contributed by atoms with Gasteiger partial charge in [-0.1, -0.05) is 6.92 Å². The number of hydrogen-bond donors (Lipinski definition) is 1. The zero-order valence-electron chi connectivity index (χ0n) is 10.6. The molecule has 0 spiro atoms. The summed E-state index contributed by atoms with van der Waals surface area (Å²) < 4.78 is 0. The molecule has 4 heteroatoms. The van der Waals surface area contributed by atoms with Crippen LogP contribution in [-0.2, 0) is 6.54 Å². The van der Waals surface area contributed by atoms with E-state index in [4.69, 9.17) is 0 Å². The van der Waals surface area contributed by atoms with Gasteiger partial charge in [0.25, 0.3) is 0 Å². The first-order valence-corrected chi connectivity index (χ1v) is 6.56. The molecule has 0 atom stereocenters. The zero-order chi connectivity index (χ0) is 11.9. The highest BCUT2D eigenvalue weighted by atomic mass is 15.1. The standard InChI is InChI=1S/C13H22N4/c1-2-17(10-12-3-5-14-6-4-12)11-13-9-15-7-8-16-13/h7-9,12,14H,2-6,10-11H2,1H3. The second kappa shape index (κ2) is 6.67. The second-order valence-corrected chi connectivity index (χ2v) is 4.72. The molecule has 1 fully saturated rings. The maximum absolute atomic E-state index is 4.34. The smallest absolute Gasteiger partial charge is 0.0726 e. The van der Waals surface area contributed by atoms with Gasteiger partial charge in [0, 0.05) is 31.7 Å². The Kier molecular flexibility index (Phi) is 4.88. The molecule has 0 aromatic carbocycles. The Morgan fingerprint density at radius 2 is 2.18 bits per heavy atom. The summed E-state index contributed by atoms with van der Waals surface area (Å²) in [6, 6.07) is 0. The summed E-state index contributed by atoms with van der Waals surface area (Å²) in [5, 5.41) is 3.41. The lowest BCUT2D eigenvalue weighted by atomic mass is 9.97. The predicted octanol–water partition coefficient (Wildman–Crippen LogP) is 1.30. The van der Waals surface area contributed by atoms with Crippen molar-refractivity contribution in [1.29, 1.82) is 0 Å². The molecule has 1 aliphatic rings. The van der Waals surface area contributed by atoms with Crippen LogP contribution in [0.15, 0.2) is 18.6 Å². The fourth-order valence-electron chi connectivity index (χ4n) is 2.38. The highest BCUT2D eigenvalue weighted by molar-refractivity contribution is 4.94. The van der Waals surface area contributed by atoms with Gasteiger partial charge in [-0.25, -0.2) is 0 Å². The lowest BCUT2D eigenvalue weighted by Gasteiger charge is -2.29. The third-order valence-electron chi connectivity index (χ3n) is 3.42. The highest BCUT2D eigenvalue weighted by Gasteiger charge is 2.16. The third-order valence-corrected chi connectivity index (χ3v) is 3.42. The van der Waals surface area contributed by atoms with Gasteiger partial charge >= 0.3 is 0 Å². The topological polar surface area (TPSA) is 41.1 Å². The first-order valence-electron chi connectivity index (χ1n) is 6.56. The summed E-state index contributed by atoms with van der Waals surface area (Å²) in [7, 11) is 0. The lowest BCUT2D eigenvalue weighted by molar-refractivity contribution is 0.205. The van der Waals surface area contributed by atoms with Gasteiger partial charge in [0.15, 0.2) is 0 Å². The Morgan fingerprint density at radius 3 is 2.82 bits per heavy atom. The largest absolute Gasteiger partial charge is 0.317 e. The maximum Gasteiger partial charge on any atom is 0.0726 e. The van der Waals surface area contributed by atoms with Crippen LogP contribution in [0.1, 0.15) is 25.5 Å². The number of nitrogens with one attached hydrogen (secondary N) is 1. The fraction of sp³-hybridized carbons (Fsp3) is 0.692. The summed E-state index contributed by atoms with van der Waals surface area (Å²) in [6.45, 7) is 7.77. The predicted molar refractivity (Wildman–Crippen MR) is 68.6 cm³/mol. The van der Waals surface area contributed by atoms with E-state index in [2.05, 4.69) is 27.1 Å². The Morgan fingerprint density at radius 1 is 1.35 bits per heavy atom. The molecule has 2 heterocycles. The Balaban J connectivity index is 1.83. The molecule has 0 amide bonds. The van der Waals surface area contributed by atoms with Crippen molar-refractivity contribution in [3.63, 3.8) is 0 Å². The van der Waals surface area contributed by atoms with E-state index in [0.29, 0.717) is 0 Å². The summed E-state index contributed by atoms with van der Waals surface area (Å²) in [5.41, 5.74) is 1.07. The van der Waals surface area contributed by atoms with Crippen LogP contribution in [0, 0.1) is 5.92 Å². The minimum Gasteiger partial charge on any atom is -0.317 e. The van der Waals surface area contributed by atoms with Gasteiger partial charge < -0.3 is 5.32 Å². The van der Waals surface area contributed by atoms with Gasteiger partial charge in [0.05, 0.1) is 5.69 Å². The van der Waals surface area contributed by atoms with Gasteiger partial charge in [-0.2, -0.15) is 0 Å². The zero-order valence-corrected chi connectivity index (χ0v) is 10.6. The van der Waals surface area contributed by atoms with Crippen LogP contribution >= 0.6 is 0 Å². The Bertz CT molecular complexity index is 308. The van der Waals surface area contributed by atoms with Crippen LogP contribution in [0.5, 0.6) is 0 Å². The van der Waals surface area contributed by atoms with Crippen molar-refractivity contribution in [2.75, 3.05) is 26.2 Å². The van der Waals surface area contributed by atoms with E-state index in [1.807, 2.05) is 6.20 Å². The van der Waals surface area contributed by atoms with Crippen LogP contribution in [-0.4, -0.2) is 41.0 Å². The molecule has 1 N–H and O–H groups in total. The molecule has 4 nitrogen and oxygen atoms in total. The van der Waals surface area contributed by atoms with Gasteiger partial charge in [-0.15, -0.1) is 0 Å². The molecular weight excluding hydrogens is 212 g/mol. The van der Waals surface area contributed by atoms with Gasteiger partial charge in [0.1, 0.15) is 0 Å². The van der Waals surface area contributed by atoms with E-state index in [9.17, 15) is 0 Å². The fourth-order valence-corrected chi connectivity index (χ4v) is 2.38. The molecule has 1 aromatic heterocycles. The van der Waals surface area contributed by atoms with Crippen molar-refractivity contribution < 1.29 is 0 Å². The Hall–Kier alpha value is -1.00. The van der Waals surface area contributed by atoms with Crippen molar-refractivity contribution in [1.82, 2.24) is 20.2 Å². The minimum atomic E-state index is 0.841. The molecule has 0 radical (unpaired) electrons. The number of aromatic nitrogens is 2. The van der Waals surface area contributed by atoms with E-state index in [-0.39, 0.29) is 0 Å². The molecule has 17 heavy (non-hydrogen) atoms. The van der Waals surface area contributed by atoms with E-state index in [1.165, 1.54) is 32.5 Å². The van der Waals surface area contributed by atoms with Crippen molar-refractivity contribution in [2.45, 2.75) is 26.3 Å². The molecule has 0 bridgehead atoms. The first-order chi connectivity index (χ1) is 8.38. The molecule has 2 rings (SSSR count). The van der Waals surface area contributed by atoms with Crippen LogP contribution < -0.4 is 5.32 Å². The number of hydrogen-bond acceptors (Lipinski definition) is 4. The van der Waals surface area contributed by atoms with Crippen molar-refractivity contribution in [2.24, 2.45) is 5.92 Å². The Labute approximate surface area is 103 Å². The maximum atomic E-state index is 4.34. The monoisotopic (exact) mass is 234 g/mol. The van der Waals surface area contributed by atoms with E-state index >= 15 is 0 Å². The molecule has 1 aromatic rings. The summed E-state index contributed by atoms with van der Waals surface area (Å²) in [6.07, 6.45) is 7.97. The van der Waals surface area contributed by atoms with E-state index in [0.717, 1.165) is 24.7 Å². The average molecular weight is 234 g/mol. The molecule has 0 saturated carbocycles. The van der Waals surface area contributed by atoms with Crippen molar-refractivity contribution >= 4 is 0 Å². The number of nitrogens with zero attached hydrogens (tertiary/aromatic N) is 3. The van der Waals surface area contributed by atoms with Gasteiger partial charge in [0.2, 0.25) is 0 Å². The molecule has 0 aliphatic carbocycles. The quantitative estimate of drug-likeness (QED) is 0.833. The molecular formula is C13H22N4. The summed E-state index contributed by atoms with van der Waals surface area (Å²) in [4.78, 5) is 10.9. The molecule has 0 unspecified atom stereocenters. The first kappa shape index (κ1) is 12.5. The van der Waals surface area contributed by atoms with Crippen molar-refractivity contribution in [3.05, 3.63) is 24.3 Å². The SMILES string of the molecule is CCN(Cc1cnccn1)CC1CCNCC1. The number of piperidine rings is 1. The highest BCUT2D eigenvalue weighted by Crippen LogP contribution is 2.14. The van der Waals surface area contributed by atoms with Gasteiger partial charge in [-0.05, 0) is 38.4 Å². The van der Waals surface area contributed by atoms with E-state index < -0.39 is 0 Å².